The van der Waals surface area contributed by atoms with E-state index in [2.05, 4.69) is 183 Å². The van der Waals surface area contributed by atoms with E-state index in [0.717, 1.165) is 39.0 Å². The molecule has 0 bridgehead atoms. The summed E-state index contributed by atoms with van der Waals surface area (Å²) in [6, 6.07) is 59.5. The van der Waals surface area contributed by atoms with Crippen LogP contribution < -0.4 is 4.90 Å². The van der Waals surface area contributed by atoms with Crippen LogP contribution >= 0.6 is 11.3 Å². The minimum Gasteiger partial charge on any atom is -0.453 e. The quantitative estimate of drug-likeness (QED) is 0.184. The van der Waals surface area contributed by atoms with Crippen molar-refractivity contribution in [1.29, 1.82) is 0 Å². The van der Waals surface area contributed by atoms with Crippen LogP contribution in [0.4, 0.5) is 17.1 Å². The van der Waals surface area contributed by atoms with Crippen LogP contribution in [0.1, 0.15) is 25.0 Å². The van der Waals surface area contributed by atoms with Crippen LogP contribution in [0.15, 0.2) is 168 Å². The third-order valence-corrected chi connectivity index (χ3v) is 12.4. The fourth-order valence-corrected chi connectivity index (χ4v) is 10.0. The van der Waals surface area contributed by atoms with Gasteiger partial charge in [0.05, 0.1) is 5.69 Å². The van der Waals surface area contributed by atoms with Gasteiger partial charge in [-0.05, 0) is 75.2 Å². The lowest BCUT2D eigenvalue weighted by Gasteiger charge is -2.26. The zero-order valence-electron chi connectivity index (χ0n) is 28.9. The number of benzene rings is 8. The van der Waals surface area contributed by atoms with Gasteiger partial charge < -0.3 is 9.32 Å². The predicted octanol–water partition coefficient (Wildman–Crippen LogP) is 14.6. The second kappa shape index (κ2) is 10.9. The molecule has 2 nitrogen and oxygen atoms in total. The summed E-state index contributed by atoms with van der Waals surface area (Å²) in [4.78, 5) is 2.38. The van der Waals surface area contributed by atoms with Crippen LogP contribution in [-0.2, 0) is 5.41 Å². The van der Waals surface area contributed by atoms with Crippen molar-refractivity contribution in [3.8, 4) is 22.3 Å². The molecule has 0 saturated carbocycles. The summed E-state index contributed by atoms with van der Waals surface area (Å²) < 4.78 is 9.80. The zero-order valence-corrected chi connectivity index (χ0v) is 29.7. The lowest BCUT2D eigenvalue weighted by atomic mass is 9.79. The molecule has 2 heterocycles. The molecule has 246 valence electrons. The molecule has 0 atom stereocenters. The number of furan rings is 1. The topological polar surface area (TPSA) is 16.4 Å². The highest BCUT2D eigenvalue weighted by molar-refractivity contribution is 7.25. The summed E-state index contributed by atoms with van der Waals surface area (Å²) in [6.07, 6.45) is 0. The normalized spacial score (nSPS) is 13.3. The van der Waals surface area contributed by atoms with Gasteiger partial charge in [0, 0.05) is 53.1 Å². The maximum atomic E-state index is 7.23. The summed E-state index contributed by atoms with van der Waals surface area (Å²) in [6.45, 7) is 4.74. The lowest BCUT2D eigenvalue weighted by molar-refractivity contribution is 0.659. The van der Waals surface area contributed by atoms with Crippen molar-refractivity contribution >= 4 is 81.3 Å². The third kappa shape index (κ3) is 4.11. The van der Waals surface area contributed by atoms with E-state index in [1.807, 2.05) is 11.3 Å². The lowest BCUT2D eigenvalue weighted by Crippen LogP contribution is -2.15. The molecule has 0 saturated heterocycles. The first-order chi connectivity index (χ1) is 25.6. The van der Waals surface area contributed by atoms with Crippen molar-refractivity contribution in [3.05, 3.63) is 175 Å². The van der Waals surface area contributed by atoms with Gasteiger partial charge in [-0.1, -0.05) is 141 Å². The zero-order chi connectivity index (χ0) is 34.6. The minimum absolute atomic E-state index is 0.194. The number of thiophene rings is 1. The molecule has 1 aliphatic rings. The van der Waals surface area contributed by atoms with Gasteiger partial charge in [0.25, 0.3) is 0 Å². The number of para-hydroxylation sites is 1. The highest BCUT2D eigenvalue weighted by Gasteiger charge is 2.40. The van der Waals surface area contributed by atoms with Crippen LogP contribution in [0.5, 0.6) is 0 Å². The predicted molar refractivity (Wildman–Crippen MR) is 222 cm³/mol. The standard InChI is InChI=1S/C49H33NOS/c1-49(2)40-20-10-8-18-38(40)44-36-16-6-7-17-37(36)48-45(46(44)49)39-19-12-21-41(47(39)51-48)50(32-25-23-31(24-26-32)30-13-4-3-5-14-30)33-27-28-35-34-15-9-11-22-42(34)52-43(35)29-33/h3-29H,1-2H3. The fraction of sp³-hybridized carbons (Fsp3) is 0.0612. The highest BCUT2D eigenvalue weighted by Crippen LogP contribution is 2.57. The van der Waals surface area contributed by atoms with Gasteiger partial charge in [-0.15, -0.1) is 11.3 Å². The Morgan fingerprint density at radius 1 is 0.500 bits per heavy atom. The Hall–Kier alpha value is -6.16. The Morgan fingerprint density at radius 3 is 2.00 bits per heavy atom. The molecule has 0 radical (unpaired) electrons. The summed E-state index contributed by atoms with van der Waals surface area (Å²) in [5.74, 6) is 0. The van der Waals surface area contributed by atoms with Gasteiger partial charge in [0.15, 0.2) is 5.58 Å². The number of anilines is 3. The van der Waals surface area contributed by atoms with Crippen LogP contribution in [0.3, 0.4) is 0 Å². The van der Waals surface area contributed by atoms with E-state index in [1.54, 1.807) is 0 Å². The average molecular weight is 684 g/mol. The van der Waals surface area contributed by atoms with Crippen LogP contribution in [0.25, 0.3) is 75.1 Å². The van der Waals surface area contributed by atoms with Gasteiger partial charge in [0.2, 0.25) is 0 Å². The molecule has 0 amide bonds. The minimum atomic E-state index is -0.194. The molecule has 0 fully saturated rings. The second-order valence-corrected chi connectivity index (χ2v) is 15.5. The Labute approximate surface area is 305 Å². The summed E-state index contributed by atoms with van der Waals surface area (Å²) in [5, 5.41) is 7.34. The Bertz CT molecular complexity index is 3040. The molecule has 0 unspecified atom stereocenters. The number of hydrogen-bond acceptors (Lipinski definition) is 3. The first kappa shape index (κ1) is 29.6. The van der Waals surface area contributed by atoms with E-state index < -0.39 is 0 Å². The van der Waals surface area contributed by atoms with Gasteiger partial charge in [-0.25, -0.2) is 0 Å². The van der Waals surface area contributed by atoms with Crippen LogP contribution in [-0.4, -0.2) is 0 Å². The van der Waals surface area contributed by atoms with E-state index in [9.17, 15) is 0 Å². The maximum Gasteiger partial charge on any atom is 0.159 e. The maximum absolute atomic E-state index is 7.23. The van der Waals surface area contributed by atoms with E-state index in [4.69, 9.17) is 4.42 Å². The van der Waals surface area contributed by atoms with Crippen molar-refractivity contribution in [2.45, 2.75) is 19.3 Å². The number of rotatable bonds is 4. The number of nitrogens with zero attached hydrogens (tertiary/aromatic N) is 1. The van der Waals surface area contributed by atoms with E-state index in [0.29, 0.717) is 0 Å². The molecular weight excluding hydrogens is 651 g/mol. The van der Waals surface area contributed by atoms with Gasteiger partial charge in [-0.3, -0.25) is 0 Å². The van der Waals surface area contributed by atoms with Crippen molar-refractivity contribution < 1.29 is 4.42 Å². The van der Waals surface area contributed by atoms with Crippen molar-refractivity contribution in [1.82, 2.24) is 0 Å². The van der Waals surface area contributed by atoms with E-state index >= 15 is 0 Å². The van der Waals surface area contributed by atoms with Crippen molar-refractivity contribution in [2.24, 2.45) is 0 Å². The highest BCUT2D eigenvalue weighted by atomic mass is 32.1. The van der Waals surface area contributed by atoms with E-state index in [1.165, 1.54) is 64.3 Å². The first-order valence-corrected chi connectivity index (χ1v) is 18.7. The van der Waals surface area contributed by atoms with Gasteiger partial charge >= 0.3 is 0 Å². The third-order valence-electron chi connectivity index (χ3n) is 11.2. The van der Waals surface area contributed by atoms with Crippen molar-refractivity contribution in [3.63, 3.8) is 0 Å². The monoisotopic (exact) mass is 683 g/mol. The molecule has 1 aliphatic carbocycles. The molecule has 8 aromatic carbocycles. The Kier molecular flexibility index (Phi) is 6.21. The summed E-state index contributed by atoms with van der Waals surface area (Å²) >= 11 is 1.85. The Balaban J connectivity index is 1.20. The SMILES string of the molecule is CC1(C)c2ccccc2-c2c1c1c3cccc(N(c4ccc(-c5ccccc5)cc4)c4ccc5c(c4)sc4ccccc45)c3oc1c1ccccc21. The number of hydrogen-bond donors (Lipinski definition) is 0. The smallest absolute Gasteiger partial charge is 0.159 e. The summed E-state index contributed by atoms with van der Waals surface area (Å²) in [7, 11) is 0. The van der Waals surface area contributed by atoms with E-state index in [-0.39, 0.29) is 5.41 Å². The van der Waals surface area contributed by atoms with Gasteiger partial charge in [0.1, 0.15) is 5.58 Å². The Morgan fingerprint density at radius 2 is 1.15 bits per heavy atom. The van der Waals surface area contributed by atoms with Crippen molar-refractivity contribution in [2.75, 3.05) is 4.90 Å². The molecular formula is C49H33NOS. The molecule has 52 heavy (non-hydrogen) atoms. The van der Waals surface area contributed by atoms with Crippen LogP contribution in [0.2, 0.25) is 0 Å². The first-order valence-electron chi connectivity index (χ1n) is 17.9. The number of fused-ring (bicyclic) bond motifs is 13. The van der Waals surface area contributed by atoms with Crippen LogP contribution in [0, 0.1) is 0 Å². The molecule has 0 N–H and O–H groups in total. The summed E-state index contributed by atoms with van der Waals surface area (Å²) in [5.41, 5.74) is 12.6. The molecule has 10 aromatic rings. The largest absolute Gasteiger partial charge is 0.453 e. The molecule has 0 spiro atoms. The molecule has 11 rings (SSSR count). The second-order valence-electron chi connectivity index (χ2n) is 14.5. The molecule has 3 heteroatoms. The average Bonchev–Trinajstić information content (AvgIpc) is 3.84. The molecule has 0 aliphatic heterocycles. The molecule has 2 aromatic heterocycles. The fourth-order valence-electron chi connectivity index (χ4n) is 8.88. The van der Waals surface area contributed by atoms with Gasteiger partial charge in [-0.2, -0.15) is 0 Å².